The summed E-state index contributed by atoms with van der Waals surface area (Å²) < 4.78 is 5.47. The Morgan fingerprint density at radius 3 is 2.73 bits per heavy atom. The molecule has 1 aliphatic rings. The number of aryl methyl sites for hydroxylation is 1. The number of amides is 1. The first-order valence-corrected chi connectivity index (χ1v) is 7.85. The average Bonchev–Trinajstić information content (AvgIpc) is 2.59. The van der Waals surface area contributed by atoms with Crippen molar-refractivity contribution in [3.8, 4) is 5.75 Å². The number of nitrogens with one attached hydrogen (secondary N) is 1. The van der Waals surface area contributed by atoms with Crippen molar-refractivity contribution in [2.24, 2.45) is 0 Å². The van der Waals surface area contributed by atoms with E-state index in [2.05, 4.69) is 29.6 Å². The van der Waals surface area contributed by atoms with Gasteiger partial charge in [0, 0.05) is 12.5 Å². The van der Waals surface area contributed by atoms with Crippen LogP contribution >= 0.6 is 0 Å². The number of hydrogen-bond donors (Lipinski definition) is 1. The molecule has 1 atom stereocenters. The lowest BCUT2D eigenvalue weighted by atomic mass is 9.83. The van der Waals surface area contributed by atoms with Gasteiger partial charge >= 0.3 is 0 Å². The van der Waals surface area contributed by atoms with Crippen LogP contribution in [-0.2, 0) is 11.2 Å². The van der Waals surface area contributed by atoms with Crippen molar-refractivity contribution < 1.29 is 9.53 Å². The molecule has 114 valence electrons. The number of carbonyl (C=O) groups excluding carboxylic acids is 1. The molecule has 0 bridgehead atoms. The second-order valence-corrected chi connectivity index (χ2v) is 5.69. The summed E-state index contributed by atoms with van der Waals surface area (Å²) in [5, 5.41) is 3.00. The lowest BCUT2D eigenvalue weighted by molar-refractivity contribution is -0.123. The van der Waals surface area contributed by atoms with E-state index in [1.54, 1.807) is 0 Å². The van der Waals surface area contributed by atoms with E-state index in [1.807, 2.05) is 30.3 Å². The summed E-state index contributed by atoms with van der Waals surface area (Å²) in [5.41, 5.74) is 2.81. The summed E-state index contributed by atoms with van der Waals surface area (Å²) in [7, 11) is 0. The lowest BCUT2D eigenvalue weighted by Crippen LogP contribution is -2.33. The first kappa shape index (κ1) is 14.6. The summed E-state index contributed by atoms with van der Waals surface area (Å²) in [4.78, 5) is 11.9. The molecule has 0 heterocycles. The minimum atomic E-state index is -0.0630. The van der Waals surface area contributed by atoms with Gasteiger partial charge in [-0.05, 0) is 42.5 Å². The van der Waals surface area contributed by atoms with Gasteiger partial charge in [0.05, 0.1) is 0 Å². The minimum Gasteiger partial charge on any atom is -0.484 e. The van der Waals surface area contributed by atoms with Gasteiger partial charge in [0.1, 0.15) is 5.75 Å². The van der Waals surface area contributed by atoms with Crippen LogP contribution in [0.5, 0.6) is 5.75 Å². The Balaban J connectivity index is 1.50. The molecule has 3 heteroatoms. The van der Waals surface area contributed by atoms with Gasteiger partial charge in [0.25, 0.3) is 5.91 Å². The van der Waals surface area contributed by atoms with Crippen molar-refractivity contribution >= 4 is 5.91 Å². The van der Waals surface area contributed by atoms with E-state index >= 15 is 0 Å². The number of benzene rings is 2. The molecule has 0 aliphatic heterocycles. The predicted octanol–water partition coefficient (Wildman–Crippen LogP) is 3.30. The fraction of sp³-hybridized carbons (Fsp3) is 0.316. The maximum absolute atomic E-state index is 11.9. The van der Waals surface area contributed by atoms with Crippen LogP contribution in [0.15, 0.2) is 54.6 Å². The zero-order valence-corrected chi connectivity index (χ0v) is 12.6. The van der Waals surface area contributed by atoms with Crippen LogP contribution in [0.25, 0.3) is 0 Å². The van der Waals surface area contributed by atoms with Crippen LogP contribution in [-0.4, -0.2) is 19.1 Å². The summed E-state index contributed by atoms with van der Waals surface area (Å²) >= 11 is 0. The van der Waals surface area contributed by atoms with Gasteiger partial charge in [-0.15, -0.1) is 0 Å². The molecule has 1 amide bonds. The van der Waals surface area contributed by atoms with Crippen LogP contribution < -0.4 is 10.1 Å². The lowest BCUT2D eigenvalue weighted by Gasteiger charge is -2.25. The highest BCUT2D eigenvalue weighted by atomic mass is 16.5. The van der Waals surface area contributed by atoms with Crippen molar-refractivity contribution in [1.29, 1.82) is 0 Å². The Morgan fingerprint density at radius 1 is 1.09 bits per heavy atom. The topological polar surface area (TPSA) is 38.3 Å². The van der Waals surface area contributed by atoms with E-state index in [0.717, 1.165) is 18.6 Å². The Morgan fingerprint density at radius 2 is 1.86 bits per heavy atom. The number of hydrogen-bond acceptors (Lipinski definition) is 2. The van der Waals surface area contributed by atoms with E-state index in [9.17, 15) is 4.79 Å². The molecule has 0 saturated heterocycles. The molecule has 3 nitrogen and oxygen atoms in total. The number of para-hydroxylation sites is 1. The van der Waals surface area contributed by atoms with Gasteiger partial charge in [0.15, 0.2) is 6.61 Å². The molecule has 3 rings (SSSR count). The molecule has 22 heavy (non-hydrogen) atoms. The molecule has 1 N–H and O–H groups in total. The number of rotatable bonds is 5. The summed E-state index contributed by atoms with van der Waals surface area (Å²) in [6.07, 6.45) is 3.48. The summed E-state index contributed by atoms with van der Waals surface area (Å²) in [6.45, 7) is 0.756. The first-order valence-electron chi connectivity index (χ1n) is 7.85. The molecule has 1 aliphatic carbocycles. The van der Waals surface area contributed by atoms with Crippen molar-refractivity contribution in [2.45, 2.75) is 25.2 Å². The Kier molecular flexibility index (Phi) is 4.74. The van der Waals surface area contributed by atoms with Gasteiger partial charge in [-0.3, -0.25) is 4.79 Å². The normalized spacial score (nSPS) is 16.6. The van der Waals surface area contributed by atoms with Gasteiger partial charge in [-0.1, -0.05) is 42.5 Å². The molecule has 0 spiro atoms. The van der Waals surface area contributed by atoms with E-state index in [1.165, 1.54) is 17.5 Å². The minimum absolute atomic E-state index is 0.0630. The summed E-state index contributed by atoms with van der Waals surface area (Å²) in [5.74, 6) is 1.08. The molecule has 0 radical (unpaired) electrons. The van der Waals surface area contributed by atoms with Crippen molar-refractivity contribution in [3.05, 3.63) is 65.7 Å². The van der Waals surface area contributed by atoms with E-state index in [0.29, 0.717) is 12.5 Å². The highest BCUT2D eigenvalue weighted by Crippen LogP contribution is 2.30. The Bertz CT molecular complexity index is 624. The smallest absolute Gasteiger partial charge is 0.257 e. The van der Waals surface area contributed by atoms with Gasteiger partial charge in [-0.2, -0.15) is 0 Å². The van der Waals surface area contributed by atoms with E-state index in [-0.39, 0.29) is 12.5 Å². The van der Waals surface area contributed by atoms with Gasteiger partial charge < -0.3 is 10.1 Å². The molecular formula is C19H21NO2. The quantitative estimate of drug-likeness (QED) is 0.919. The number of carbonyl (C=O) groups is 1. The Labute approximate surface area is 131 Å². The number of fused-ring (bicyclic) bond motifs is 1. The SMILES string of the molecule is O=C(COc1ccccc1)NCC1CCCc2ccccc21. The molecule has 0 aromatic heterocycles. The molecule has 2 aromatic carbocycles. The van der Waals surface area contributed by atoms with Crippen LogP contribution in [0.1, 0.15) is 29.9 Å². The molecular weight excluding hydrogens is 274 g/mol. The monoisotopic (exact) mass is 295 g/mol. The number of ether oxygens (including phenoxy) is 1. The zero-order chi connectivity index (χ0) is 15.2. The Hall–Kier alpha value is -2.29. The third kappa shape index (κ3) is 3.67. The van der Waals surface area contributed by atoms with E-state index in [4.69, 9.17) is 4.74 Å². The van der Waals surface area contributed by atoms with Crippen LogP contribution in [0, 0.1) is 0 Å². The second kappa shape index (κ2) is 7.12. The van der Waals surface area contributed by atoms with Crippen molar-refractivity contribution in [3.63, 3.8) is 0 Å². The van der Waals surface area contributed by atoms with Crippen molar-refractivity contribution in [2.75, 3.05) is 13.2 Å². The van der Waals surface area contributed by atoms with E-state index < -0.39 is 0 Å². The van der Waals surface area contributed by atoms with Crippen LogP contribution in [0.2, 0.25) is 0 Å². The van der Waals surface area contributed by atoms with Gasteiger partial charge in [0.2, 0.25) is 0 Å². The van der Waals surface area contributed by atoms with Crippen LogP contribution in [0.4, 0.5) is 0 Å². The van der Waals surface area contributed by atoms with Crippen LogP contribution in [0.3, 0.4) is 0 Å². The first-order chi connectivity index (χ1) is 10.8. The molecule has 0 saturated carbocycles. The third-order valence-corrected chi connectivity index (χ3v) is 4.15. The zero-order valence-electron chi connectivity index (χ0n) is 12.6. The molecule has 0 fully saturated rings. The standard InChI is InChI=1S/C19H21NO2/c21-19(14-22-17-10-2-1-3-11-17)20-13-16-9-6-8-15-7-4-5-12-18(15)16/h1-5,7,10-12,16H,6,8-9,13-14H2,(H,20,21). The molecule has 2 aromatic rings. The predicted molar refractivity (Wildman–Crippen MR) is 87.1 cm³/mol. The highest BCUT2D eigenvalue weighted by molar-refractivity contribution is 5.77. The maximum atomic E-state index is 11.9. The van der Waals surface area contributed by atoms with Crippen molar-refractivity contribution in [1.82, 2.24) is 5.32 Å². The third-order valence-electron chi connectivity index (χ3n) is 4.15. The second-order valence-electron chi connectivity index (χ2n) is 5.69. The molecule has 1 unspecified atom stereocenters. The average molecular weight is 295 g/mol. The largest absolute Gasteiger partial charge is 0.484 e. The highest BCUT2D eigenvalue weighted by Gasteiger charge is 2.20. The fourth-order valence-electron chi connectivity index (χ4n) is 3.02. The maximum Gasteiger partial charge on any atom is 0.257 e. The fourth-order valence-corrected chi connectivity index (χ4v) is 3.02. The van der Waals surface area contributed by atoms with Gasteiger partial charge in [-0.25, -0.2) is 0 Å². The summed E-state index contributed by atoms with van der Waals surface area (Å²) in [6, 6.07) is 18.0.